The van der Waals surface area contributed by atoms with Gasteiger partial charge in [-0.05, 0) is 42.0 Å². The Bertz CT molecular complexity index is 963. The van der Waals surface area contributed by atoms with E-state index in [1.165, 1.54) is 11.8 Å². The normalized spacial score (nSPS) is 10.4. The van der Waals surface area contributed by atoms with Crippen molar-refractivity contribution in [3.63, 3.8) is 0 Å². The van der Waals surface area contributed by atoms with Crippen LogP contribution in [0.3, 0.4) is 0 Å². The predicted octanol–water partition coefficient (Wildman–Crippen LogP) is 4.54. The van der Waals surface area contributed by atoms with Gasteiger partial charge in [0.15, 0.2) is 0 Å². The molecule has 1 aromatic heterocycles. The summed E-state index contributed by atoms with van der Waals surface area (Å²) in [6, 6.07) is 19.6. The van der Waals surface area contributed by atoms with E-state index in [0.29, 0.717) is 22.8 Å². The summed E-state index contributed by atoms with van der Waals surface area (Å²) in [5.74, 6) is 0.527. The topological polar surface area (TPSA) is 65.8 Å². The molecule has 0 unspecified atom stereocenters. The smallest absolute Gasteiger partial charge is 0.225 e. The number of fused-ring (bicyclic) bond motifs is 1. The molecule has 0 bridgehead atoms. The molecule has 3 aromatic rings. The first-order valence-electron chi connectivity index (χ1n) is 7.95. The summed E-state index contributed by atoms with van der Waals surface area (Å²) in [6.07, 6.45) is 0.359. The fourth-order valence-electron chi connectivity index (χ4n) is 2.46. The predicted molar refractivity (Wildman–Crippen MR) is 102 cm³/mol. The van der Waals surface area contributed by atoms with Gasteiger partial charge in [0, 0.05) is 23.6 Å². The highest BCUT2D eigenvalue weighted by Gasteiger charge is 2.08. The van der Waals surface area contributed by atoms with Crippen LogP contribution in [0.25, 0.3) is 10.8 Å². The molecule has 0 saturated carbocycles. The van der Waals surface area contributed by atoms with Crippen LogP contribution in [0.4, 0.5) is 5.69 Å². The zero-order valence-corrected chi connectivity index (χ0v) is 14.6. The second kappa shape index (κ2) is 7.82. The highest BCUT2D eigenvalue weighted by molar-refractivity contribution is 7.99. The van der Waals surface area contributed by atoms with Crippen molar-refractivity contribution in [3.05, 3.63) is 65.9 Å². The minimum absolute atomic E-state index is 0.0473. The lowest BCUT2D eigenvalue weighted by Crippen LogP contribution is -2.12. The zero-order valence-electron chi connectivity index (χ0n) is 13.8. The number of carbonyl (C=O) groups is 1. The molecule has 124 valence electrons. The van der Waals surface area contributed by atoms with Crippen molar-refractivity contribution in [3.8, 4) is 6.07 Å². The third-order valence-corrected chi connectivity index (χ3v) is 4.71. The first-order valence-corrected chi connectivity index (χ1v) is 8.93. The van der Waals surface area contributed by atoms with E-state index < -0.39 is 0 Å². The van der Waals surface area contributed by atoms with Crippen LogP contribution in [-0.2, 0) is 4.79 Å². The van der Waals surface area contributed by atoms with Gasteiger partial charge in [0.2, 0.25) is 5.91 Å². The summed E-state index contributed by atoms with van der Waals surface area (Å²) in [4.78, 5) is 16.5. The van der Waals surface area contributed by atoms with E-state index in [4.69, 9.17) is 5.26 Å². The summed E-state index contributed by atoms with van der Waals surface area (Å²) >= 11 is 1.43. The monoisotopic (exact) mass is 347 g/mol. The number of benzene rings is 2. The number of nitriles is 1. The van der Waals surface area contributed by atoms with Gasteiger partial charge >= 0.3 is 0 Å². The number of anilines is 1. The summed E-state index contributed by atoms with van der Waals surface area (Å²) in [6.45, 7) is 1.89. The molecule has 2 aromatic carbocycles. The molecule has 0 aliphatic carbocycles. The molecule has 0 aliphatic heterocycles. The molecule has 4 nitrogen and oxygen atoms in total. The van der Waals surface area contributed by atoms with Gasteiger partial charge in [-0.3, -0.25) is 4.79 Å². The van der Waals surface area contributed by atoms with Crippen LogP contribution in [0, 0.1) is 18.3 Å². The molecule has 0 saturated heterocycles. The van der Waals surface area contributed by atoms with Crippen molar-refractivity contribution in [2.24, 2.45) is 0 Å². The van der Waals surface area contributed by atoms with E-state index in [0.717, 1.165) is 22.2 Å². The molecule has 1 heterocycles. The minimum Gasteiger partial charge on any atom is -0.326 e. The standard InChI is InChI=1S/C20H17N3OS/c1-14-6-7-17(13-21)20(22-14)25-11-10-19(24)23-18-9-8-15-4-2-3-5-16(15)12-18/h2-9,12H,10-11H2,1H3,(H,23,24). The molecule has 0 spiro atoms. The van der Waals surface area contributed by atoms with Crippen molar-refractivity contribution in [1.29, 1.82) is 5.26 Å². The summed E-state index contributed by atoms with van der Waals surface area (Å²) in [5.41, 5.74) is 2.20. The number of rotatable bonds is 5. The quantitative estimate of drug-likeness (QED) is 0.688. The number of aryl methyl sites for hydroxylation is 1. The Labute approximate surface area is 150 Å². The number of nitrogens with one attached hydrogen (secondary N) is 1. The molecular formula is C20H17N3OS. The Morgan fingerprint density at radius 3 is 2.76 bits per heavy atom. The molecule has 3 rings (SSSR count). The van der Waals surface area contributed by atoms with Gasteiger partial charge in [-0.1, -0.05) is 30.3 Å². The van der Waals surface area contributed by atoms with Gasteiger partial charge in [-0.25, -0.2) is 4.98 Å². The van der Waals surface area contributed by atoms with Gasteiger partial charge in [0.1, 0.15) is 11.1 Å². The first kappa shape index (κ1) is 17.0. The lowest BCUT2D eigenvalue weighted by molar-refractivity contribution is -0.115. The molecule has 0 fully saturated rings. The Kier molecular flexibility index (Phi) is 5.32. The van der Waals surface area contributed by atoms with Crippen LogP contribution in [0.5, 0.6) is 0 Å². The SMILES string of the molecule is Cc1ccc(C#N)c(SCCC(=O)Nc2ccc3ccccc3c2)n1. The second-order valence-electron chi connectivity index (χ2n) is 5.63. The van der Waals surface area contributed by atoms with E-state index in [9.17, 15) is 4.79 Å². The van der Waals surface area contributed by atoms with Crippen molar-refractivity contribution in [2.45, 2.75) is 18.4 Å². The summed E-state index contributed by atoms with van der Waals surface area (Å²) in [5, 5.41) is 15.0. The molecule has 1 N–H and O–H groups in total. The van der Waals surface area contributed by atoms with Gasteiger partial charge < -0.3 is 5.32 Å². The van der Waals surface area contributed by atoms with Gasteiger partial charge in [-0.15, -0.1) is 11.8 Å². The van der Waals surface area contributed by atoms with Crippen LogP contribution in [-0.4, -0.2) is 16.6 Å². The Hall–Kier alpha value is -2.84. The Morgan fingerprint density at radius 2 is 1.96 bits per heavy atom. The summed E-state index contributed by atoms with van der Waals surface area (Å²) in [7, 11) is 0. The molecule has 0 radical (unpaired) electrons. The minimum atomic E-state index is -0.0473. The van der Waals surface area contributed by atoms with Crippen LogP contribution in [0.1, 0.15) is 17.7 Å². The molecule has 0 aliphatic rings. The fourth-order valence-corrected chi connectivity index (χ4v) is 3.42. The van der Waals surface area contributed by atoms with Crippen LogP contribution in [0.2, 0.25) is 0 Å². The third-order valence-electron chi connectivity index (χ3n) is 3.72. The van der Waals surface area contributed by atoms with Crippen LogP contribution in [0.15, 0.2) is 59.6 Å². The van der Waals surface area contributed by atoms with Gasteiger partial charge in [-0.2, -0.15) is 5.26 Å². The van der Waals surface area contributed by atoms with E-state index >= 15 is 0 Å². The highest BCUT2D eigenvalue weighted by Crippen LogP contribution is 2.22. The van der Waals surface area contributed by atoms with Crippen LogP contribution >= 0.6 is 11.8 Å². The first-order chi connectivity index (χ1) is 12.2. The molecule has 1 amide bonds. The number of hydrogen-bond donors (Lipinski definition) is 1. The third kappa shape index (κ3) is 4.37. The van der Waals surface area contributed by atoms with E-state index in [1.807, 2.05) is 55.5 Å². The number of nitrogens with zero attached hydrogens (tertiary/aromatic N) is 2. The Balaban J connectivity index is 1.57. The fraction of sp³-hybridized carbons (Fsp3) is 0.150. The Morgan fingerprint density at radius 1 is 1.16 bits per heavy atom. The maximum Gasteiger partial charge on any atom is 0.225 e. The largest absolute Gasteiger partial charge is 0.326 e. The van der Waals surface area contributed by atoms with Crippen LogP contribution < -0.4 is 5.32 Å². The van der Waals surface area contributed by atoms with Crippen molar-refractivity contribution in [2.75, 3.05) is 11.1 Å². The number of aromatic nitrogens is 1. The number of pyridine rings is 1. The number of thioether (sulfide) groups is 1. The number of amides is 1. The average Bonchev–Trinajstić information content (AvgIpc) is 2.62. The molecule has 25 heavy (non-hydrogen) atoms. The number of carbonyl (C=O) groups excluding carboxylic acids is 1. The maximum atomic E-state index is 12.2. The van der Waals surface area contributed by atoms with Gasteiger partial charge in [0.05, 0.1) is 5.56 Å². The lowest BCUT2D eigenvalue weighted by atomic mass is 10.1. The van der Waals surface area contributed by atoms with E-state index in [1.54, 1.807) is 6.07 Å². The molecule has 5 heteroatoms. The number of hydrogen-bond acceptors (Lipinski definition) is 4. The summed E-state index contributed by atoms with van der Waals surface area (Å²) < 4.78 is 0. The van der Waals surface area contributed by atoms with Crippen molar-refractivity contribution < 1.29 is 4.79 Å². The molecular weight excluding hydrogens is 330 g/mol. The van der Waals surface area contributed by atoms with E-state index in [2.05, 4.69) is 16.4 Å². The molecule has 0 atom stereocenters. The van der Waals surface area contributed by atoms with E-state index in [-0.39, 0.29) is 5.91 Å². The van der Waals surface area contributed by atoms with Gasteiger partial charge in [0.25, 0.3) is 0 Å². The highest BCUT2D eigenvalue weighted by atomic mass is 32.2. The lowest BCUT2D eigenvalue weighted by Gasteiger charge is -2.07. The second-order valence-corrected chi connectivity index (χ2v) is 6.71. The maximum absolute atomic E-state index is 12.2. The zero-order chi connectivity index (χ0) is 17.6. The average molecular weight is 347 g/mol. The van der Waals surface area contributed by atoms with Crippen molar-refractivity contribution in [1.82, 2.24) is 4.98 Å². The van der Waals surface area contributed by atoms with Crippen molar-refractivity contribution >= 4 is 34.1 Å².